The highest BCUT2D eigenvalue weighted by atomic mass is 16.3. The highest BCUT2D eigenvalue weighted by molar-refractivity contribution is 5.96. The molecule has 2 aromatic rings. The minimum absolute atomic E-state index is 0.0346. The molecule has 2 saturated heterocycles. The van der Waals surface area contributed by atoms with Crippen LogP contribution in [-0.2, 0) is 0 Å². The molecule has 2 atom stereocenters. The van der Waals surface area contributed by atoms with E-state index in [1.807, 2.05) is 35.2 Å². The van der Waals surface area contributed by atoms with Gasteiger partial charge in [-0.1, -0.05) is 18.2 Å². The number of rotatable bonds is 1. The van der Waals surface area contributed by atoms with E-state index in [1.54, 1.807) is 0 Å². The van der Waals surface area contributed by atoms with Gasteiger partial charge in [0.05, 0.1) is 0 Å². The first kappa shape index (κ1) is 11.1. The molecule has 4 nitrogen and oxygen atoms in total. The lowest BCUT2D eigenvalue weighted by Gasteiger charge is -2.22. The van der Waals surface area contributed by atoms with Crippen molar-refractivity contribution in [1.29, 1.82) is 0 Å². The molecule has 3 heterocycles. The Morgan fingerprint density at radius 2 is 2.21 bits per heavy atom. The molecule has 1 amide bonds. The Hall–Kier alpha value is -1.81. The molecule has 0 bridgehead atoms. The van der Waals surface area contributed by atoms with Crippen LogP contribution >= 0.6 is 0 Å². The number of furan rings is 1. The van der Waals surface area contributed by atoms with Crippen LogP contribution in [-0.4, -0.2) is 36.5 Å². The molecule has 1 aromatic carbocycles. The van der Waals surface area contributed by atoms with Crippen molar-refractivity contribution in [3.05, 3.63) is 36.1 Å². The van der Waals surface area contributed by atoms with E-state index in [2.05, 4.69) is 5.32 Å². The van der Waals surface area contributed by atoms with Crippen molar-refractivity contribution < 1.29 is 9.21 Å². The molecule has 2 fully saturated rings. The molecule has 0 spiro atoms. The standard InChI is InChI=1S/C15H16N2O2/c18-15(17-6-5-11-8-16-9-12(11)17)14-7-10-3-1-2-4-13(10)19-14/h1-4,7,11-12,16H,5-6,8-9H2/t11-,12+/m0/s1. The summed E-state index contributed by atoms with van der Waals surface area (Å²) in [5.41, 5.74) is 0.783. The van der Waals surface area contributed by atoms with Crippen molar-refractivity contribution >= 4 is 16.9 Å². The van der Waals surface area contributed by atoms with Gasteiger partial charge >= 0.3 is 0 Å². The lowest BCUT2D eigenvalue weighted by Crippen LogP contribution is -2.38. The zero-order chi connectivity index (χ0) is 12.8. The largest absolute Gasteiger partial charge is 0.451 e. The Bertz CT molecular complexity index is 601. The van der Waals surface area contributed by atoms with E-state index in [-0.39, 0.29) is 5.91 Å². The highest BCUT2D eigenvalue weighted by Crippen LogP contribution is 2.29. The molecule has 1 N–H and O–H groups in total. The highest BCUT2D eigenvalue weighted by Gasteiger charge is 2.40. The zero-order valence-corrected chi connectivity index (χ0v) is 10.6. The van der Waals surface area contributed by atoms with Crippen LogP contribution in [0.15, 0.2) is 34.7 Å². The Morgan fingerprint density at radius 1 is 1.32 bits per heavy atom. The molecule has 0 unspecified atom stereocenters. The molecule has 4 heteroatoms. The topological polar surface area (TPSA) is 45.5 Å². The van der Waals surface area contributed by atoms with Crippen molar-refractivity contribution in [3.63, 3.8) is 0 Å². The fourth-order valence-corrected chi connectivity index (χ4v) is 3.33. The van der Waals surface area contributed by atoms with Gasteiger partial charge in [0.1, 0.15) is 5.58 Å². The Labute approximate surface area is 111 Å². The second kappa shape index (κ2) is 4.10. The third-order valence-corrected chi connectivity index (χ3v) is 4.34. The van der Waals surface area contributed by atoms with E-state index in [0.29, 0.717) is 17.7 Å². The second-order valence-electron chi connectivity index (χ2n) is 5.42. The summed E-state index contributed by atoms with van der Waals surface area (Å²) in [5.74, 6) is 1.12. The number of amides is 1. The Balaban J connectivity index is 1.66. The summed E-state index contributed by atoms with van der Waals surface area (Å²) in [7, 11) is 0. The van der Waals surface area contributed by atoms with Crippen LogP contribution in [0.25, 0.3) is 11.0 Å². The van der Waals surface area contributed by atoms with Crippen LogP contribution < -0.4 is 5.32 Å². The summed E-state index contributed by atoms with van der Waals surface area (Å²) < 4.78 is 5.68. The maximum absolute atomic E-state index is 12.6. The van der Waals surface area contributed by atoms with Crippen LogP contribution in [0.3, 0.4) is 0 Å². The molecular formula is C15H16N2O2. The molecule has 98 valence electrons. The first-order chi connectivity index (χ1) is 9.33. The summed E-state index contributed by atoms with van der Waals surface area (Å²) in [6, 6.07) is 9.95. The minimum atomic E-state index is 0.0346. The number of nitrogens with one attached hydrogen (secondary N) is 1. The average molecular weight is 256 g/mol. The van der Waals surface area contributed by atoms with Gasteiger partial charge in [0.2, 0.25) is 0 Å². The van der Waals surface area contributed by atoms with E-state index in [1.165, 1.54) is 0 Å². The summed E-state index contributed by atoms with van der Waals surface area (Å²) >= 11 is 0. The van der Waals surface area contributed by atoms with Crippen LogP contribution in [0.4, 0.5) is 0 Å². The number of benzene rings is 1. The van der Waals surface area contributed by atoms with Crippen molar-refractivity contribution in [3.8, 4) is 0 Å². The monoisotopic (exact) mass is 256 g/mol. The van der Waals surface area contributed by atoms with Crippen LogP contribution in [0, 0.1) is 5.92 Å². The van der Waals surface area contributed by atoms with E-state index in [0.717, 1.165) is 37.0 Å². The van der Waals surface area contributed by atoms with E-state index in [4.69, 9.17) is 4.42 Å². The van der Waals surface area contributed by atoms with Crippen molar-refractivity contribution in [1.82, 2.24) is 10.2 Å². The third-order valence-electron chi connectivity index (χ3n) is 4.34. The molecular weight excluding hydrogens is 240 g/mol. The van der Waals surface area contributed by atoms with Gasteiger partial charge in [-0.3, -0.25) is 4.79 Å². The predicted molar refractivity (Wildman–Crippen MR) is 72.0 cm³/mol. The summed E-state index contributed by atoms with van der Waals surface area (Å²) in [4.78, 5) is 14.5. The Morgan fingerprint density at radius 3 is 3.11 bits per heavy atom. The number of carbonyl (C=O) groups excluding carboxylic acids is 1. The van der Waals surface area contributed by atoms with E-state index in [9.17, 15) is 4.79 Å². The van der Waals surface area contributed by atoms with Gasteiger partial charge < -0.3 is 14.6 Å². The predicted octanol–water partition coefficient (Wildman–Crippen LogP) is 1.87. The number of hydrogen-bond donors (Lipinski definition) is 1. The SMILES string of the molecule is O=C(c1cc2ccccc2o1)N1CC[C@H]2CNC[C@H]21. The number of para-hydroxylation sites is 1. The number of likely N-dealkylation sites (tertiary alicyclic amines) is 1. The molecule has 0 aliphatic carbocycles. The molecule has 0 radical (unpaired) electrons. The van der Waals surface area contributed by atoms with Crippen LogP contribution in [0.2, 0.25) is 0 Å². The molecule has 19 heavy (non-hydrogen) atoms. The smallest absolute Gasteiger partial charge is 0.289 e. The second-order valence-corrected chi connectivity index (χ2v) is 5.42. The lowest BCUT2D eigenvalue weighted by molar-refractivity contribution is 0.0707. The average Bonchev–Trinajstić information content (AvgIpc) is 3.12. The first-order valence-corrected chi connectivity index (χ1v) is 6.83. The number of hydrogen-bond acceptors (Lipinski definition) is 3. The van der Waals surface area contributed by atoms with Crippen LogP contribution in [0.5, 0.6) is 0 Å². The number of carbonyl (C=O) groups is 1. The van der Waals surface area contributed by atoms with Crippen molar-refractivity contribution in [2.45, 2.75) is 12.5 Å². The maximum Gasteiger partial charge on any atom is 0.289 e. The van der Waals surface area contributed by atoms with Gasteiger partial charge in [0.25, 0.3) is 5.91 Å². The summed E-state index contributed by atoms with van der Waals surface area (Å²) in [6.45, 7) is 2.80. The van der Waals surface area contributed by atoms with Gasteiger partial charge in [-0.25, -0.2) is 0 Å². The number of fused-ring (bicyclic) bond motifs is 2. The van der Waals surface area contributed by atoms with Gasteiger partial charge in [0.15, 0.2) is 5.76 Å². The first-order valence-electron chi connectivity index (χ1n) is 6.83. The third kappa shape index (κ3) is 1.67. The fourth-order valence-electron chi connectivity index (χ4n) is 3.33. The van der Waals surface area contributed by atoms with Gasteiger partial charge in [-0.15, -0.1) is 0 Å². The normalized spacial score (nSPS) is 26.0. The summed E-state index contributed by atoms with van der Waals surface area (Å²) in [5, 5.41) is 4.35. The van der Waals surface area contributed by atoms with E-state index < -0.39 is 0 Å². The molecule has 2 aliphatic rings. The molecule has 4 rings (SSSR count). The van der Waals surface area contributed by atoms with Crippen LogP contribution in [0.1, 0.15) is 17.0 Å². The zero-order valence-electron chi connectivity index (χ0n) is 10.6. The molecule has 2 aliphatic heterocycles. The molecule has 1 aromatic heterocycles. The maximum atomic E-state index is 12.6. The number of nitrogens with zero attached hydrogens (tertiary/aromatic N) is 1. The van der Waals surface area contributed by atoms with Crippen molar-refractivity contribution in [2.75, 3.05) is 19.6 Å². The lowest BCUT2D eigenvalue weighted by atomic mass is 10.1. The minimum Gasteiger partial charge on any atom is -0.451 e. The van der Waals surface area contributed by atoms with Gasteiger partial charge in [-0.05, 0) is 24.5 Å². The van der Waals surface area contributed by atoms with E-state index >= 15 is 0 Å². The van der Waals surface area contributed by atoms with Crippen molar-refractivity contribution in [2.24, 2.45) is 5.92 Å². The Kier molecular flexibility index (Phi) is 2.38. The summed E-state index contributed by atoms with van der Waals surface area (Å²) in [6.07, 6.45) is 1.10. The fraction of sp³-hybridized carbons (Fsp3) is 0.400. The van der Waals surface area contributed by atoms with Gasteiger partial charge in [-0.2, -0.15) is 0 Å². The quantitative estimate of drug-likeness (QED) is 0.847. The molecule has 0 saturated carbocycles. The van der Waals surface area contributed by atoms with Gasteiger partial charge in [0, 0.05) is 31.1 Å².